The lowest BCUT2D eigenvalue weighted by molar-refractivity contribution is -0.119. The predicted molar refractivity (Wildman–Crippen MR) is 130 cm³/mol. The fourth-order valence-electron chi connectivity index (χ4n) is 4.01. The van der Waals surface area contributed by atoms with Crippen molar-refractivity contribution in [2.45, 2.75) is 39.3 Å². The summed E-state index contributed by atoms with van der Waals surface area (Å²) in [5.41, 5.74) is 3.13. The van der Waals surface area contributed by atoms with Gasteiger partial charge in [0, 0.05) is 37.0 Å². The molecule has 172 valence electrons. The Balaban J connectivity index is 1.77. The minimum atomic E-state index is -0.248. The molecule has 1 aromatic heterocycles. The first-order valence-electron chi connectivity index (χ1n) is 11.0. The van der Waals surface area contributed by atoms with E-state index >= 15 is 0 Å². The molecule has 0 saturated heterocycles. The molecule has 1 unspecified atom stereocenters. The van der Waals surface area contributed by atoms with Crippen LogP contribution in [0.1, 0.15) is 37.6 Å². The van der Waals surface area contributed by atoms with Gasteiger partial charge in [-0.2, -0.15) is 0 Å². The van der Waals surface area contributed by atoms with Gasteiger partial charge in [-0.1, -0.05) is 6.07 Å². The third-order valence-corrected chi connectivity index (χ3v) is 5.63. The smallest absolute Gasteiger partial charge is 0.251 e. The summed E-state index contributed by atoms with van der Waals surface area (Å²) < 4.78 is 0. The van der Waals surface area contributed by atoms with Crippen molar-refractivity contribution >= 4 is 34.7 Å². The first kappa shape index (κ1) is 23.5. The minimum Gasteiger partial charge on any atom is -0.355 e. The molecular weight excluding hydrogens is 404 g/mol. The maximum Gasteiger partial charge on any atom is 0.251 e. The predicted octanol–water partition coefficient (Wildman–Crippen LogP) is 3.09. The van der Waals surface area contributed by atoms with Crippen molar-refractivity contribution in [2.75, 3.05) is 49.3 Å². The SMILES string of the molecule is CC(C)N1c2cc(Nc3cccc(C(=O)NCCCN(C)C)c3)ncc2N(C)C(=O)C1C. The van der Waals surface area contributed by atoms with Crippen molar-refractivity contribution in [3.8, 4) is 0 Å². The summed E-state index contributed by atoms with van der Waals surface area (Å²) in [5, 5.41) is 6.27. The highest BCUT2D eigenvalue weighted by atomic mass is 16.2. The normalized spacial score (nSPS) is 15.9. The Morgan fingerprint density at radius 2 is 1.97 bits per heavy atom. The van der Waals surface area contributed by atoms with E-state index in [0.717, 1.165) is 30.0 Å². The van der Waals surface area contributed by atoms with E-state index in [9.17, 15) is 9.59 Å². The molecule has 0 aliphatic carbocycles. The summed E-state index contributed by atoms with van der Waals surface area (Å²) >= 11 is 0. The van der Waals surface area contributed by atoms with E-state index in [4.69, 9.17) is 0 Å². The topological polar surface area (TPSA) is 80.8 Å². The van der Waals surface area contributed by atoms with Crippen LogP contribution in [0.3, 0.4) is 0 Å². The monoisotopic (exact) mass is 438 g/mol. The van der Waals surface area contributed by atoms with Gasteiger partial charge in [-0.3, -0.25) is 9.59 Å². The third kappa shape index (κ3) is 5.19. The molecule has 32 heavy (non-hydrogen) atoms. The highest BCUT2D eigenvalue weighted by molar-refractivity contribution is 6.05. The molecule has 1 atom stereocenters. The summed E-state index contributed by atoms with van der Waals surface area (Å²) in [6.07, 6.45) is 2.62. The molecule has 3 rings (SSSR count). The molecule has 2 aromatic rings. The van der Waals surface area contributed by atoms with Crippen LogP contribution in [0, 0.1) is 0 Å². The number of hydrogen-bond donors (Lipinski definition) is 2. The first-order valence-corrected chi connectivity index (χ1v) is 11.0. The molecule has 2 N–H and O–H groups in total. The Hall–Kier alpha value is -3.13. The molecule has 8 nitrogen and oxygen atoms in total. The van der Waals surface area contributed by atoms with E-state index in [1.807, 2.05) is 45.3 Å². The number of rotatable bonds is 8. The van der Waals surface area contributed by atoms with Crippen molar-refractivity contribution in [3.05, 3.63) is 42.1 Å². The van der Waals surface area contributed by atoms with Gasteiger partial charge in [-0.15, -0.1) is 0 Å². The summed E-state index contributed by atoms with van der Waals surface area (Å²) in [6, 6.07) is 9.25. The molecule has 2 heterocycles. The molecule has 0 radical (unpaired) electrons. The third-order valence-electron chi connectivity index (χ3n) is 5.63. The number of likely N-dealkylation sites (N-methyl/N-ethyl adjacent to an activating group) is 1. The summed E-state index contributed by atoms with van der Waals surface area (Å²) in [6.45, 7) is 7.64. The second kappa shape index (κ2) is 9.99. The lowest BCUT2D eigenvalue weighted by Gasteiger charge is -2.42. The molecule has 1 aromatic carbocycles. The zero-order chi connectivity index (χ0) is 23.4. The van der Waals surface area contributed by atoms with Crippen molar-refractivity contribution in [2.24, 2.45) is 0 Å². The van der Waals surface area contributed by atoms with Crippen LogP contribution >= 0.6 is 0 Å². The number of fused-ring (bicyclic) bond motifs is 1. The lowest BCUT2D eigenvalue weighted by atomic mass is 10.1. The van der Waals surface area contributed by atoms with Crippen molar-refractivity contribution < 1.29 is 9.59 Å². The number of carbonyl (C=O) groups excluding carboxylic acids is 2. The molecule has 0 bridgehead atoms. The van der Waals surface area contributed by atoms with E-state index in [-0.39, 0.29) is 23.9 Å². The summed E-state index contributed by atoms with van der Waals surface area (Å²) in [4.78, 5) is 35.5. The van der Waals surface area contributed by atoms with Crippen molar-refractivity contribution in [1.29, 1.82) is 0 Å². The number of pyridine rings is 1. The standard InChI is InChI=1S/C24H34N6O2/c1-16(2)30-17(3)24(32)29(6)21-15-26-22(14-20(21)30)27-19-10-7-9-18(13-19)23(31)25-11-8-12-28(4)5/h7,9-10,13-17H,8,11-12H2,1-6H3,(H,25,31)(H,26,27). The molecule has 8 heteroatoms. The molecule has 1 aliphatic rings. The Morgan fingerprint density at radius 3 is 2.66 bits per heavy atom. The molecule has 0 saturated carbocycles. The van der Waals surface area contributed by atoms with Crippen molar-refractivity contribution in [3.63, 3.8) is 0 Å². The van der Waals surface area contributed by atoms with Gasteiger partial charge in [-0.25, -0.2) is 4.98 Å². The van der Waals surface area contributed by atoms with E-state index in [1.54, 1.807) is 24.2 Å². The van der Waals surface area contributed by atoms with Crippen molar-refractivity contribution in [1.82, 2.24) is 15.2 Å². The van der Waals surface area contributed by atoms with Crippen LogP contribution in [0.2, 0.25) is 0 Å². The molecule has 0 spiro atoms. The van der Waals surface area contributed by atoms with Gasteiger partial charge >= 0.3 is 0 Å². The maximum atomic E-state index is 12.6. The zero-order valence-corrected chi connectivity index (χ0v) is 19.8. The van der Waals surface area contributed by atoms with Gasteiger partial charge in [0.1, 0.15) is 11.9 Å². The van der Waals surface area contributed by atoms with E-state index in [1.165, 1.54) is 0 Å². The molecule has 0 fully saturated rings. The number of carbonyl (C=O) groups is 2. The van der Waals surface area contributed by atoms with Gasteiger partial charge in [0.05, 0.1) is 17.6 Å². The fraction of sp³-hybridized carbons (Fsp3) is 0.458. The number of amides is 2. The van der Waals surface area contributed by atoms with Gasteiger partial charge in [0.25, 0.3) is 5.91 Å². The van der Waals surface area contributed by atoms with Gasteiger partial charge in [-0.05, 0) is 66.0 Å². The van der Waals surface area contributed by atoms with Crippen LogP contribution in [0.25, 0.3) is 0 Å². The highest BCUT2D eigenvalue weighted by Gasteiger charge is 2.35. The fourth-order valence-corrected chi connectivity index (χ4v) is 4.01. The summed E-state index contributed by atoms with van der Waals surface area (Å²) in [7, 11) is 5.82. The number of anilines is 4. The molecule has 2 amide bonds. The van der Waals surface area contributed by atoms with E-state index in [0.29, 0.717) is 17.9 Å². The van der Waals surface area contributed by atoms with Crippen LogP contribution in [-0.4, -0.2) is 68.0 Å². The number of benzene rings is 1. The largest absolute Gasteiger partial charge is 0.355 e. The van der Waals surface area contributed by atoms with Crippen LogP contribution in [0.4, 0.5) is 22.9 Å². The number of nitrogens with zero attached hydrogens (tertiary/aromatic N) is 4. The number of hydrogen-bond acceptors (Lipinski definition) is 6. The Labute approximate surface area is 190 Å². The van der Waals surface area contributed by atoms with Crippen LogP contribution in [-0.2, 0) is 4.79 Å². The van der Waals surface area contributed by atoms with Crippen LogP contribution < -0.4 is 20.4 Å². The molecule has 1 aliphatic heterocycles. The second-order valence-corrected chi connectivity index (χ2v) is 8.75. The minimum absolute atomic E-state index is 0.0537. The number of nitrogens with one attached hydrogen (secondary N) is 2. The van der Waals surface area contributed by atoms with Crippen LogP contribution in [0.15, 0.2) is 36.5 Å². The zero-order valence-electron chi connectivity index (χ0n) is 19.8. The van der Waals surface area contributed by atoms with Gasteiger partial charge in [0.15, 0.2) is 0 Å². The molecular formula is C24H34N6O2. The quantitative estimate of drug-likeness (QED) is 0.617. The van der Waals surface area contributed by atoms with E-state index in [2.05, 4.69) is 39.3 Å². The van der Waals surface area contributed by atoms with Gasteiger partial charge in [0.2, 0.25) is 5.91 Å². The first-order chi connectivity index (χ1) is 15.2. The van der Waals surface area contributed by atoms with Gasteiger partial charge < -0.3 is 25.3 Å². The highest BCUT2D eigenvalue weighted by Crippen LogP contribution is 2.38. The average Bonchev–Trinajstić information content (AvgIpc) is 2.75. The number of aromatic nitrogens is 1. The average molecular weight is 439 g/mol. The Kier molecular flexibility index (Phi) is 7.35. The van der Waals surface area contributed by atoms with Crippen LogP contribution in [0.5, 0.6) is 0 Å². The lowest BCUT2D eigenvalue weighted by Crippen LogP contribution is -2.53. The second-order valence-electron chi connectivity index (χ2n) is 8.75. The maximum absolute atomic E-state index is 12.6. The summed E-state index contributed by atoms with van der Waals surface area (Å²) in [5.74, 6) is 0.622. The Bertz CT molecular complexity index is 975. The van der Waals surface area contributed by atoms with E-state index < -0.39 is 0 Å². The Morgan fingerprint density at radius 1 is 1.22 bits per heavy atom.